The molecule has 96 valence electrons. The normalized spacial score (nSPS) is 8.18. The third kappa shape index (κ3) is 31.6. The van der Waals surface area contributed by atoms with Crippen molar-refractivity contribution in [2.24, 2.45) is 0 Å². The Labute approximate surface area is 137 Å². The Morgan fingerprint density at radius 1 is 1.00 bits per heavy atom. The Balaban J connectivity index is -0.000000218. The first kappa shape index (κ1) is 23.0. The average Bonchev–Trinajstić information content (AvgIpc) is 2.18. The van der Waals surface area contributed by atoms with Gasteiger partial charge in [-0.05, 0) is 12.2 Å². The Kier molecular flexibility index (Phi) is 26.1. The summed E-state index contributed by atoms with van der Waals surface area (Å²) in [5.74, 6) is 0. The second-order valence-corrected chi connectivity index (χ2v) is 4.28. The number of thiocarbonyl (C=S) groups is 2. The van der Waals surface area contributed by atoms with Gasteiger partial charge in [-0.25, -0.2) is 0 Å². The van der Waals surface area contributed by atoms with Crippen LogP contribution in [0.4, 0.5) is 0 Å². The van der Waals surface area contributed by atoms with Crippen LogP contribution in [0.2, 0.25) is 0 Å². The Morgan fingerprint density at radius 2 is 1.41 bits per heavy atom. The second kappa shape index (κ2) is 19.2. The molecule has 0 aromatic carbocycles. The molecule has 0 aromatic heterocycles. The maximum Gasteiger partial charge on any atom is 2.00 e. The quantitative estimate of drug-likeness (QED) is 0.249. The van der Waals surface area contributed by atoms with E-state index in [4.69, 9.17) is 9.47 Å². The van der Waals surface area contributed by atoms with Crippen molar-refractivity contribution in [3.05, 3.63) is 0 Å². The van der Waals surface area contributed by atoms with Gasteiger partial charge in [0.2, 0.25) is 4.38 Å². The van der Waals surface area contributed by atoms with E-state index in [2.05, 4.69) is 59.2 Å². The summed E-state index contributed by atoms with van der Waals surface area (Å²) in [5, 5.41) is 0. The minimum Gasteiger partial charge on any atom is -0.511 e. The van der Waals surface area contributed by atoms with Crippen molar-refractivity contribution in [2.75, 3.05) is 40.6 Å². The van der Waals surface area contributed by atoms with Gasteiger partial charge in [0, 0.05) is 18.6 Å². The molecule has 0 bridgehead atoms. The fourth-order valence-electron chi connectivity index (χ4n) is 0.421. The summed E-state index contributed by atoms with van der Waals surface area (Å²) in [7, 11) is 3.20. The molecule has 0 aromatic rings. The molecular weight excluding hydrogens is 354 g/mol. The van der Waals surface area contributed by atoms with Crippen LogP contribution in [0.25, 0.3) is 0 Å². The molecule has 0 saturated heterocycles. The number of rotatable bonds is 6. The minimum atomic E-state index is 0. The van der Waals surface area contributed by atoms with Crippen LogP contribution in [0.15, 0.2) is 0 Å². The van der Waals surface area contributed by atoms with Gasteiger partial charge in [0.15, 0.2) is 0 Å². The van der Waals surface area contributed by atoms with E-state index in [0.717, 1.165) is 0 Å². The summed E-state index contributed by atoms with van der Waals surface area (Å²) in [6, 6.07) is 0. The Bertz CT molecular complexity index is 174. The van der Waals surface area contributed by atoms with Gasteiger partial charge in [-0.3, -0.25) is 0 Å². The van der Waals surface area contributed by atoms with Crippen molar-refractivity contribution in [3.63, 3.8) is 0 Å². The fraction of sp³-hybridized carbons (Fsp3) is 0.750. The SMILES string of the molecule is COCCOC(=S)S.COCCOC(=S)[S-].[Zn+2]. The summed E-state index contributed by atoms with van der Waals surface area (Å²) in [5.41, 5.74) is 0. The minimum absolute atomic E-state index is 0. The Hall–Kier alpha value is 0.893. The van der Waals surface area contributed by atoms with Crippen molar-refractivity contribution < 1.29 is 38.4 Å². The number of thiol groups is 1. The van der Waals surface area contributed by atoms with Crippen molar-refractivity contribution in [2.45, 2.75) is 0 Å². The molecule has 0 aliphatic heterocycles. The predicted octanol–water partition coefficient (Wildman–Crippen LogP) is 1.34. The van der Waals surface area contributed by atoms with Crippen LogP contribution in [0, 0.1) is 0 Å². The summed E-state index contributed by atoms with van der Waals surface area (Å²) in [4.78, 5) is 0. The molecule has 4 nitrogen and oxygen atoms in total. The van der Waals surface area contributed by atoms with Gasteiger partial charge in [0.25, 0.3) is 0 Å². The molecule has 0 saturated carbocycles. The molecular formula is C8H15O4S4Zn+. The van der Waals surface area contributed by atoms with Crippen LogP contribution in [-0.4, -0.2) is 49.4 Å². The van der Waals surface area contributed by atoms with Crippen molar-refractivity contribution >= 4 is 58.5 Å². The first-order valence-corrected chi connectivity index (χ1v) is 5.89. The van der Waals surface area contributed by atoms with Gasteiger partial charge >= 0.3 is 19.5 Å². The van der Waals surface area contributed by atoms with Crippen LogP contribution in [0.5, 0.6) is 0 Å². The van der Waals surface area contributed by atoms with E-state index in [1.54, 1.807) is 14.2 Å². The standard InChI is InChI=1S/2C4H8O2S2.Zn/c2*1-5-2-3-6-4(7)8;/h2*2-3H2,1H3,(H,7,8);/q;;+2/p-1. The largest absolute Gasteiger partial charge is 2.00 e. The molecule has 0 atom stereocenters. The molecule has 9 heteroatoms. The van der Waals surface area contributed by atoms with Gasteiger partial charge in [0.05, 0.1) is 13.2 Å². The number of methoxy groups -OCH3 is 2. The molecule has 0 aliphatic carbocycles. The predicted molar refractivity (Wildman–Crippen MR) is 77.2 cm³/mol. The topological polar surface area (TPSA) is 36.9 Å². The molecule has 0 heterocycles. The van der Waals surface area contributed by atoms with Gasteiger partial charge in [-0.1, -0.05) is 12.6 Å². The molecule has 0 amide bonds. The number of hydrogen-bond donors (Lipinski definition) is 1. The van der Waals surface area contributed by atoms with Crippen LogP contribution in [-0.2, 0) is 51.1 Å². The third-order valence-corrected chi connectivity index (χ3v) is 1.50. The molecule has 0 fully saturated rings. The Morgan fingerprint density at radius 3 is 1.71 bits per heavy atom. The summed E-state index contributed by atoms with van der Waals surface area (Å²) < 4.78 is 19.2. The molecule has 0 unspecified atom stereocenters. The van der Waals surface area contributed by atoms with Crippen LogP contribution >= 0.6 is 37.1 Å². The van der Waals surface area contributed by atoms with Gasteiger partial charge in [0.1, 0.15) is 13.2 Å². The van der Waals surface area contributed by atoms with E-state index in [0.29, 0.717) is 26.4 Å². The van der Waals surface area contributed by atoms with E-state index >= 15 is 0 Å². The first-order valence-electron chi connectivity index (χ1n) is 4.22. The van der Waals surface area contributed by atoms with E-state index in [9.17, 15) is 0 Å². The van der Waals surface area contributed by atoms with Crippen molar-refractivity contribution in [1.82, 2.24) is 0 Å². The third-order valence-electron chi connectivity index (χ3n) is 1.02. The average molecular weight is 369 g/mol. The smallest absolute Gasteiger partial charge is 0.511 e. The zero-order valence-corrected chi connectivity index (χ0v) is 16.2. The molecule has 0 aliphatic rings. The van der Waals surface area contributed by atoms with Crippen LogP contribution < -0.4 is 0 Å². The number of hydrogen-bond acceptors (Lipinski definition) is 7. The van der Waals surface area contributed by atoms with E-state index in [-0.39, 0.29) is 28.2 Å². The summed E-state index contributed by atoms with van der Waals surface area (Å²) in [6.07, 6.45) is 0. The number of ether oxygens (including phenoxy) is 4. The molecule has 0 N–H and O–H groups in total. The van der Waals surface area contributed by atoms with Gasteiger partial charge in [-0.15, -0.1) is 0 Å². The van der Waals surface area contributed by atoms with Gasteiger partial charge < -0.3 is 43.8 Å². The van der Waals surface area contributed by atoms with E-state index in [1.807, 2.05) is 0 Å². The van der Waals surface area contributed by atoms with E-state index < -0.39 is 0 Å². The fourth-order valence-corrected chi connectivity index (χ4v) is 0.762. The van der Waals surface area contributed by atoms with Crippen molar-refractivity contribution in [1.29, 1.82) is 0 Å². The zero-order chi connectivity index (χ0) is 12.8. The summed E-state index contributed by atoms with van der Waals surface area (Å²) in [6.45, 7) is 2.04. The molecule has 0 rings (SSSR count). The monoisotopic (exact) mass is 367 g/mol. The van der Waals surface area contributed by atoms with E-state index in [1.165, 1.54) is 0 Å². The van der Waals surface area contributed by atoms with Crippen LogP contribution in [0.1, 0.15) is 0 Å². The maximum atomic E-state index is 4.75. The molecule has 17 heavy (non-hydrogen) atoms. The molecule has 0 spiro atoms. The van der Waals surface area contributed by atoms with Gasteiger partial charge in [-0.2, -0.15) is 0 Å². The van der Waals surface area contributed by atoms with Crippen molar-refractivity contribution in [3.8, 4) is 0 Å². The zero-order valence-electron chi connectivity index (χ0n) is 9.84. The second-order valence-electron chi connectivity index (χ2n) is 2.20. The molecule has 0 radical (unpaired) electrons. The maximum absolute atomic E-state index is 4.75. The van der Waals surface area contributed by atoms with Crippen LogP contribution in [0.3, 0.4) is 0 Å². The summed E-state index contributed by atoms with van der Waals surface area (Å²) >= 11 is 17.1. The first-order chi connectivity index (χ1) is 7.54.